The van der Waals surface area contributed by atoms with Crippen LogP contribution in [0.2, 0.25) is 0 Å². The van der Waals surface area contributed by atoms with Gasteiger partial charge in [0.25, 0.3) is 17.3 Å². The zero-order chi connectivity index (χ0) is 18.3. The zero-order valence-electron chi connectivity index (χ0n) is 12.9. The third kappa shape index (κ3) is 4.61. The van der Waals surface area contributed by atoms with Crippen molar-refractivity contribution in [2.45, 2.75) is 6.92 Å². The maximum atomic E-state index is 12.3. The molecule has 0 atom stereocenters. The summed E-state index contributed by atoms with van der Waals surface area (Å²) in [6.07, 6.45) is 0. The van der Waals surface area contributed by atoms with Crippen LogP contribution in [-0.4, -0.2) is 52.4 Å². The van der Waals surface area contributed by atoms with Gasteiger partial charge in [0.2, 0.25) is 0 Å². The summed E-state index contributed by atoms with van der Waals surface area (Å²) in [6, 6.07) is 1.85. The van der Waals surface area contributed by atoms with E-state index in [9.17, 15) is 25.0 Å². The standard InChI is InChI=1S/C13H17BrN4O6/c1-2-16(5-3-14)12-10(13(20)15-4-6-19)7-9(17(21)22)8-11(12)18(23)24/h7-8,19H,2-6H2,1H3,(H,15,20). The predicted molar refractivity (Wildman–Crippen MR) is 90.9 cm³/mol. The first-order chi connectivity index (χ1) is 11.4. The molecule has 0 saturated carbocycles. The third-order valence-corrected chi connectivity index (χ3v) is 3.53. The number of non-ortho nitro benzene ring substituents is 1. The fourth-order valence-corrected chi connectivity index (χ4v) is 2.58. The Hall–Kier alpha value is -2.27. The number of halogens is 1. The molecular formula is C13H17BrN4O6. The molecule has 0 aliphatic carbocycles. The highest BCUT2D eigenvalue weighted by atomic mass is 79.9. The molecular weight excluding hydrogens is 388 g/mol. The highest BCUT2D eigenvalue weighted by molar-refractivity contribution is 9.09. The molecule has 0 aromatic heterocycles. The number of aliphatic hydroxyl groups is 1. The van der Waals surface area contributed by atoms with E-state index in [0.29, 0.717) is 18.4 Å². The number of nitro groups is 2. The summed E-state index contributed by atoms with van der Waals surface area (Å²) >= 11 is 3.24. The molecule has 1 aromatic carbocycles. The Labute approximate surface area is 145 Å². The molecule has 0 spiro atoms. The molecule has 0 fully saturated rings. The Kier molecular flexibility index (Phi) is 7.52. The van der Waals surface area contributed by atoms with E-state index in [1.165, 1.54) is 0 Å². The first kappa shape index (κ1) is 19.8. The summed E-state index contributed by atoms with van der Waals surface area (Å²) in [5.41, 5.74) is -1.22. The van der Waals surface area contributed by atoms with Gasteiger partial charge in [-0.05, 0) is 6.92 Å². The van der Waals surface area contributed by atoms with Crippen LogP contribution < -0.4 is 10.2 Å². The molecule has 1 amide bonds. The van der Waals surface area contributed by atoms with Crippen molar-refractivity contribution in [3.8, 4) is 0 Å². The number of hydrogen-bond acceptors (Lipinski definition) is 7. The SMILES string of the molecule is CCN(CCBr)c1c(C(=O)NCCO)cc([N+](=O)[O-])cc1[N+](=O)[O-]. The molecule has 132 valence electrons. The van der Waals surface area contributed by atoms with Gasteiger partial charge < -0.3 is 15.3 Å². The predicted octanol–water partition coefficient (Wildman–Crippen LogP) is 1.45. The Morgan fingerprint density at radius 3 is 2.46 bits per heavy atom. The molecule has 0 radical (unpaired) electrons. The molecule has 10 nitrogen and oxygen atoms in total. The molecule has 0 aliphatic rings. The van der Waals surface area contributed by atoms with Crippen LogP contribution in [0, 0.1) is 20.2 Å². The minimum atomic E-state index is -0.791. The average molecular weight is 405 g/mol. The molecule has 1 rings (SSSR count). The number of carbonyl (C=O) groups is 1. The minimum absolute atomic E-state index is 0.0167. The van der Waals surface area contributed by atoms with Crippen molar-refractivity contribution < 1.29 is 19.7 Å². The normalized spacial score (nSPS) is 10.3. The summed E-state index contributed by atoms with van der Waals surface area (Å²) in [7, 11) is 0. The lowest BCUT2D eigenvalue weighted by Crippen LogP contribution is -2.32. The van der Waals surface area contributed by atoms with Crippen LogP contribution in [0.3, 0.4) is 0 Å². The van der Waals surface area contributed by atoms with Crippen molar-refractivity contribution in [2.24, 2.45) is 0 Å². The van der Waals surface area contributed by atoms with E-state index in [-0.39, 0.29) is 24.4 Å². The second kappa shape index (κ2) is 9.13. The van der Waals surface area contributed by atoms with Crippen molar-refractivity contribution in [1.29, 1.82) is 0 Å². The number of aliphatic hydroxyl groups excluding tert-OH is 1. The lowest BCUT2D eigenvalue weighted by molar-refractivity contribution is -0.393. The second-order valence-electron chi connectivity index (χ2n) is 4.62. The highest BCUT2D eigenvalue weighted by Crippen LogP contribution is 2.36. The van der Waals surface area contributed by atoms with E-state index in [1.54, 1.807) is 11.8 Å². The molecule has 0 bridgehead atoms. The first-order valence-electron chi connectivity index (χ1n) is 7.04. The van der Waals surface area contributed by atoms with Crippen LogP contribution in [0.15, 0.2) is 12.1 Å². The van der Waals surface area contributed by atoms with Crippen LogP contribution in [0.1, 0.15) is 17.3 Å². The number of nitrogens with one attached hydrogen (secondary N) is 1. The number of benzene rings is 1. The number of alkyl halides is 1. The van der Waals surface area contributed by atoms with Gasteiger partial charge in [0.05, 0.1) is 28.1 Å². The number of nitrogens with zero attached hydrogens (tertiary/aromatic N) is 3. The van der Waals surface area contributed by atoms with E-state index in [2.05, 4.69) is 21.2 Å². The number of amides is 1. The van der Waals surface area contributed by atoms with Crippen molar-refractivity contribution in [3.63, 3.8) is 0 Å². The van der Waals surface area contributed by atoms with Crippen LogP contribution in [-0.2, 0) is 0 Å². The van der Waals surface area contributed by atoms with Crippen molar-refractivity contribution >= 4 is 38.9 Å². The van der Waals surface area contributed by atoms with E-state index in [0.717, 1.165) is 12.1 Å². The number of nitro benzene ring substituents is 2. The van der Waals surface area contributed by atoms with Crippen LogP contribution >= 0.6 is 15.9 Å². The molecule has 1 aromatic rings. The maximum Gasteiger partial charge on any atom is 0.300 e. The molecule has 0 aliphatic heterocycles. The quantitative estimate of drug-likeness (QED) is 0.360. The van der Waals surface area contributed by atoms with E-state index in [1.807, 2.05) is 0 Å². The van der Waals surface area contributed by atoms with Gasteiger partial charge in [-0.15, -0.1) is 0 Å². The number of carbonyl (C=O) groups excluding carboxylic acids is 1. The Bertz CT molecular complexity index is 639. The minimum Gasteiger partial charge on any atom is -0.395 e. The summed E-state index contributed by atoms with van der Waals surface area (Å²) in [4.78, 5) is 34.8. The monoisotopic (exact) mass is 404 g/mol. The summed E-state index contributed by atoms with van der Waals surface area (Å²) in [5.74, 6) is -0.723. The van der Waals surface area contributed by atoms with Crippen molar-refractivity contribution in [3.05, 3.63) is 37.9 Å². The van der Waals surface area contributed by atoms with Crippen molar-refractivity contribution in [2.75, 3.05) is 36.5 Å². The highest BCUT2D eigenvalue weighted by Gasteiger charge is 2.30. The average Bonchev–Trinajstić information content (AvgIpc) is 2.56. The zero-order valence-corrected chi connectivity index (χ0v) is 14.5. The fraction of sp³-hybridized carbons (Fsp3) is 0.462. The second-order valence-corrected chi connectivity index (χ2v) is 5.42. The van der Waals surface area contributed by atoms with Gasteiger partial charge in [-0.2, -0.15) is 0 Å². The van der Waals surface area contributed by atoms with Gasteiger partial charge in [0.15, 0.2) is 0 Å². The lowest BCUT2D eigenvalue weighted by atomic mass is 10.1. The Balaban J connectivity index is 3.61. The number of hydrogen-bond donors (Lipinski definition) is 2. The summed E-state index contributed by atoms with van der Waals surface area (Å²) in [6.45, 7) is 2.10. The molecule has 24 heavy (non-hydrogen) atoms. The topological polar surface area (TPSA) is 139 Å². The van der Waals surface area contributed by atoms with Gasteiger partial charge in [-0.25, -0.2) is 0 Å². The largest absolute Gasteiger partial charge is 0.395 e. The van der Waals surface area contributed by atoms with Gasteiger partial charge in [0, 0.05) is 31.0 Å². The van der Waals surface area contributed by atoms with Crippen molar-refractivity contribution in [1.82, 2.24) is 5.32 Å². The number of rotatable bonds is 9. The molecule has 0 saturated heterocycles. The first-order valence-corrected chi connectivity index (χ1v) is 8.16. The Morgan fingerprint density at radius 2 is 2.00 bits per heavy atom. The van der Waals surface area contributed by atoms with Crippen LogP contribution in [0.5, 0.6) is 0 Å². The van der Waals surface area contributed by atoms with E-state index in [4.69, 9.17) is 5.11 Å². The molecule has 11 heteroatoms. The van der Waals surface area contributed by atoms with Gasteiger partial charge in [-0.1, -0.05) is 15.9 Å². The molecule has 0 unspecified atom stereocenters. The van der Waals surface area contributed by atoms with Crippen LogP contribution in [0.4, 0.5) is 17.1 Å². The van der Waals surface area contributed by atoms with E-state index < -0.39 is 27.1 Å². The summed E-state index contributed by atoms with van der Waals surface area (Å²) < 4.78 is 0. The molecule has 0 heterocycles. The van der Waals surface area contributed by atoms with E-state index >= 15 is 0 Å². The van der Waals surface area contributed by atoms with Crippen LogP contribution in [0.25, 0.3) is 0 Å². The molecule has 2 N–H and O–H groups in total. The Morgan fingerprint density at radius 1 is 1.33 bits per heavy atom. The lowest BCUT2D eigenvalue weighted by Gasteiger charge is -2.24. The maximum absolute atomic E-state index is 12.3. The summed E-state index contributed by atoms with van der Waals surface area (Å²) in [5, 5.41) is 34.1. The fourth-order valence-electron chi connectivity index (χ4n) is 2.15. The van der Waals surface area contributed by atoms with Gasteiger partial charge in [-0.3, -0.25) is 25.0 Å². The smallest absolute Gasteiger partial charge is 0.300 e. The van der Waals surface area contributed by atoms with Gasteiger partial charge >= 0.3 is 0 Å². The number of anilines is 1. The third-order valence-electron chi connectivity index (χ3n) is 3.18. The van der Waals surface area contributed by atoms with Gasteiger partial charge in [0.1, 0.15) is 5.69 Å².